The molecule has 2 N–H and O–H groups in total. The third kappa shape index (κ3) is 1.39. The molecular weight excluding hydrogens is 196 g/mol. The van der Waals surface area contributed by atoms with Gasteiger partial charge in [0.2, 0.25) is 0 Å². The third-order valence-electron chi connectivity index (χ3n) is 2.02. The average molecular weight is 208 g/mol. The van der Waals surface area contributed by atoms with Crippen LogP contribution >= 0.6 is 11.3 Å². The molecule has 0 aliphatic rings. The molecule has 14 heavy (non-hydrogen) atoms. The summed E-state index contributed by atoms with van der Waals surface area (Å²) in [6.45, 7) is 2.04. The first-order valence-electron chi connectivity index (χ1n) is 4.45. The van der Waals surface area contributed by atoms with Crippen molar-refractivity contribution in [2.75, 3.05) is 5.73 Å². The van der Waals surface area contributed by atoms with E-state index < -0.39 is 0 Å². The minimum absolute atomic E-state index is 0.771. The van der Waals surface area contributed by atoms with Gasteiger partial charge in [0, 0.05) is 13.5 Å². The smallest absolute Gasteiger partial charge is 0.170 e. The second kappa shape index (κ2) is 3.42. The van der Waals surface area contributed by atoms with E-state index in [2.05, 4.69) is 10.1 Å². The van der Waals surface area contributed by atoms with E-state index >= 15 is 0 Å². The molecule has 0 unspecified atom stereocenters. The monoisotopic (exact) mass is 208 g/mol. The summed E-state index contributed by atoms with van der Waals surface area (Å²) in [6, 6.07) is 1.89. The van der Waals surface area contributed by atoms with Gasteiger partial charge in [-0.3, -0.25) is 0 Å². The molecule has 5 heteroatoms. The highest BCUT2D eigenvalue weighted by molar-refractivity contribution is 7.14. The fourth-order valence-electron chi connectivity index (χ4n) is 1.29. The first-order chi connectivity index (χ1) is 6.72. The molecular formula is C9H12N4S. The molecule has 0 saturated heterocycles. The molecule has 2 rings (SSSR count). The number of aryl methyl sites for hydroxylation is 2. The van der Waals surface area contributed by atoms with Crippen molar-refractivity contribution in [2.45, 2.75) is 13.3 Å². The summed E-state index contributed by atoms with van der Waals surface area (Å²) in [5, 5.41) is 6.25. The van der Waals surface area contributed by atoms with Crippen LogP contribution in [0.2, 0.25) is 0 Å². The highest BCUT2D eigenvalue weighted by Gasteiger charge is 2.11. The molecule has 2 aromatic heterocycles. The first-order valence-corrected chi connectivity index (χ1v) is 5.33. The van der Waals surface area contributed by atoms with Crippen molar-refractivity contribution >= 4 is 17.0 Å². The molecule has 0 aromatic carbocycles. The van der Waals surface area contributed by atoms with Crippen LogP contribution in [0.5, 0.6) is 0 Å². The van der Waals surface area contributed by atoms with Gasteiger partial charge in [-0.05, 0) is 11.4 Å². The third-order valence-corrected chi connectivity index (χ3v) is 2.95. The van der Waals surface area contributed by atoms with E-state index in [4.69, 9.17) is 5.73 Å². The fourth-order valence-corrected chi connectivity index (χ4v) is 2.12. The predicted octanol–water partition coefficient (Wildman–Crippen LogP) is 1.69. The summed E-state index contributed by atoms with van der Waals surface area (Å²) in [4.78, 5) is 5.41. The first kappa shape index (κ1) is 9.21. The van der Waals surface area contributed by atoms with Gasteiger partial charge in [-0.2, -0.15) is 5.10 Å². The summed E-state index contributed by atoms with van der Waals surface area (Å²) in [7, 11) is 1.89. The Balaban J connectivity index is 2.51. The SMILES string of the molecule is CCc1nc(-c2sccc2N)n(C)n1. The van der Waals surface area contributed by atoms with Crippen molar-refractivity contribution in [1.29, 1.82) is 0 Å². The molecule has 0 atom stereocenters. The summed E-state index contributed by atoms with van der Waals surface area (Å²) < 4.78 is 1.78. The molecule has 0 saturated carbocycles. The molecule has 4 nitrogen and oxygen atoms in total. The normalized spacial score (nSPS) is 10.7. The average Bonchev–Trinajstić information content (AvgIpc) is 2.72. The lowest BCUT2D eigenvalue weighted by molar-refractivity contribution is 0.754. The van der Waals surface area contributed by atoms with Crippen LogP contribution < -0.4 is 5.73 Å². The minimum Gasteiger partial charge on any atom is -0.397 e. The van der Waals surface area contributed by atoms with Gasteiger partial charge in [-0.25, -0.2) is 9.67 Å². The van der Waals surface area contributed by atoms with Gasteiger partial charge in [-0.15, -0.1) is 11.3 Å². The number of thiophene rings is 1. The lowest BCUT2D eigenvalue weighted by Crippen LogP contribution is -1.95. The Labute approximate surface area is 86.4 Å². The Morgan fingerprint density at radius 1 is 1.57 bits per heavy atom. The molecule has 0 aliphatic heterocycles. The quantitative estimate of drug-likeness (QED) is 0.817. The molecule has 0 spiro atoms. The molecule has 74 valence electrons. The fraction of sp³-hybridized carbons (Fsp3) is 0.333. The van der Waals surface area contributed by atoms with E-state index in [1.807, 2.05) is 25.4 Å². The summed E-state index contributed by atoms with van der Waals surface area (Å²) in [5.74, 6) is 1.71. The van der Waals surface area contributed by atoms with Gasteiger partial charge in [0.15, 0.2) is 11.6 Å². The van der Waals surface area contributed by atoms with Crippen molar-refractivity contribution in [1.82, 2.24) is 14.8 Å². The number of nitrogen functional groups attached to an aromatic ring is 1. The Kier molecular flexibility index (Phi) is 2.25. The van der Waals surface area contributed by atoms with E-state index in [1.54, 1.807) is 16.0 Å². The number of nitrogens with zero attached hydrogens (tertiary/aromatic N) is 3. The van der Waals surface area contributed by atoms with Gasteiger partial charge >= 0.3 is 0 Å². The molecule has 0 radical (unpaired) electrons. The van der Waals surface area contributed by atoms with Crippen molar-refractivity contribution in [2.24, 2.45) is 7.05 Å². The van der Waals surface area contributed by atoms with Crippen LogP contribution in [0.1, 0.15) is 12.7 Å². The number of aromatic nitrogens is 3. The molecule has 0 fully saturated rings. The maximum atomic E-state index is 5.82. The van der Waals surface area contributed by atoms with Gasteiger partial charge in [-0.1, -0.05) is 6.92 Å². The molecule has 0 aliphatic carbocycles. The summed E-state index contributed by atoms with van der Waals surface area (Å²) in [5.41, 5.74) is 6.59. The lowest BCUT2D eigenvalue weighted by Gasteiger charge is -1.96. The van der Waals surface area contributed by atoms with E-state index in [-0.39, 0.29) is 0 Å². The maximum absolute atomic E-state index is 5.82. The highest BCUT2D eigenvalue weighted by Crippen LogP contribution is 2.29. The van der Waals surface area contributed by atoms with Gasteiger partial charge in [0.25, 0.3) is 0 Å². The zero-order valence-electron chi connectivity index (χ0n) is 8.19. The lowest BCUT2D eigenvalue weighted by atomic mass is 10.4. The summed E-state index contributed by atoms with van der Waals surface area (Å²) in [6.07, 6.45) is 0.846. The number of rotatable bonds is 2. The van der Waals surface area contributed by atoms with E-state index in [0.29, 0.717) is 0 Å². The van der Waals surface area contributed by atoms with Crippen molar-refractivity contribution in [3.8, 4) is 10.7 Å². The molecule has 0 amide bonds. The number of hydrogen-bond donors (Lipinski definition) is 1. The van der Waals surface area contributed by atoms with E-state index in [1.165, 1.54) is 0 Å². The van der Waals surface area contributed by atoms with Crippen LogP contribution in [0.3, 0.4) is 0 Å². The van der Waals surface area contributed by atoms with E-state index in [9.17, 15) is 0 Å². The van der Waals surface area contributed by atoms with Crippen LogP contribution in [0.15, 0.2) is 11.4 Å². The number of hydrogen-bond acceptors (Lipinski definition) is 4. The summed E-state index contributed by atoms with van der Waals surface area (Å²) >= 11 is 1.59. The zero-order valence-corrected chi connectivity index (χ0v) is 9.01. The highest BCUT2D eigenvalue weighted by atomic mass is 32.1. The largest absolute Gasteiger partial charge is 0.397 e. The second-order valence-corrected chi connectivity index (χ2v) is 3.95. The zero-order chi connectivity index (χ0) is 10.1. The Morgan fingerprint density at radius 3 is 2.86 bits per heavy atom. The van der Waals surface area contributed by atoms with Gasteiger partial charge in [0.1, 0.15) is 0 Å². The van der Waals surface area contributed by atoms with Crippen LogP contribution in [0.25, 0.3) is 10.7 Å². The van der Waals surface area contributed by atoms with Crippen molar-refractivity contribution in [3.63, 3.8) is 0 Å². The Morgan fingerprint density at radius 2 is 2.36 bits per heavy atom. The van der Waals surface area contributed by atoms with Crippen LogP contribution in [-0.2, 0) is 13.5 Å². The topological polar surface area (TPSA) is 56.7 Å². The van der Waals surface area contributed by atoms with Crippen LogP contribution in [0, 0.1) is 0 Å². The van der Waals surface area contributed by atoms with Crippen molar-refractivity contribution in [3.05, 3.63) is 17.3 Å². The van der Waals surface area contributed by atoms with E-state index in [0.717, 1.165) is 28.6 Å². The van der Waals surface area contributed by atoms with Gasteiger partial charge < -0.3 is 5.73 Å². The Bertz CT molecular complexity index is 443. The van der Waals surface area contributed by atoms with Crippen LogP contribution in [0.4, 0.5) is 5.69 Å². The second-order valence-electron chi connectivity index (χ2n) is 3.03. The maximum Gasteiger partial charge on any atom is 0.170 e. The number of anilines is 1. The van der Waals surface area contributed by atoms with Gasteiger partial charge in [0.05, 0.1) is 10.6 Å². The molecule has 0 bridgehead atoms. The number of nitrogens with two attached hydrogens (primary N) is 1. The Hall–Kier alpha value is -1.36. The van der Waals surface area contributed by atoms with Crippen LogP contribution in [-0.4, -0.2) is 14.8 Å². The molecule has 2 heterocycles. The minimum atomic E-state index is 0.771. The molecule has 2 aromatic rings. The predicted molar refractivity (Wildman–Crippen MR) is 58.1 cm³/mol. The standard InChI is InChI=1S/C9H12N4S/c1-3-7-11-9(13(2)12-7)8-6(10)4-5-14-8/h4-5H,3,10H2,1-2H3. The van der Waals surface area contributed by atoms with Crippen molar-refractivity contribution < 1.29 is 0 Å².